The fourth-order valence-electron chi connectivity index (χ4n) is 1.49. The molecule has 0 aromatic carbocycles. The van der Waals surface area contributed by atoms with Crippen LogP contribution in [-0.4, -0.2) is 72.8 Å². The average Bonchev–Trinajstić information content (AvgIpc) is 2.10. The summed E-state index contributed by atoms with van der Waals surface area (Å²) in [7, 11) is 10.9. The first-order chi connectivity index (χ1) is 6.89. The monoisotopic (exact) mass is 250 g/mol. The van der Waals surface area contributed by atoms with Crippen molar-refractivity contribution in [1.82, 2.24) is 14.0 Å². The Kier molecular flexibility index (Phi) is 6.91. The molecule has 2 radical (unpaired) electrons. The molecular weight excluding hydrogens is 227 g/mol. The molecule has 0 aromatic heterocycles. The molecule has 0 atom stereocenters. The van der Waals surface area contributed by atoms with Crippen LogP contribution in [0.25, 0.3) is 0 Å². The smallest absolute Gasteiger partial charge is 0.397 e. The van der Waals surface area contributed by atoms with Gasteiger partial charge in [0.1, 0.15) is 0 Å². The minimum absolute atomic E-state index is 0.211. The van der Waals surface area contributed by atoms with Crippen LogP contribution >= 0.6 is 7.51 Å². The van der Waals surface area contributed by atoms with Gasteiger partial charge in [0, 0.05) is 6.61 Å². The van der Waals surface area contributed by atoms with Crippen molar-refractivity contribution in [2.24, 2.45) is 4.41 Å². The molecule has 15 heavy (non-hydrogen) atoms. The lowest BCUT2D eigenvalue weighted by Crippen LogP contribution is -2.31. The van der Waals surface area contributed by atoms with E-state index in [0.29, 0.717) is 0 Å². The largest absolute Gasteiger partial charge is 0.404 e. The maximum absolute atomic E-state index is 5.35. The van der Waals surface area contributed by atoms with Gasteiger partial charge in [-0.25, -0.2) is 0 Å². The third-order valence-electron chi connectivity index (χ3n) is 1.99. The van der Waals surface area contributed by atoms with Crippen molar-refractivity contribution >= 4 is 17.4 Å². The van der Waals surface area contributed by atoms with Crippen molar-refractivity contribution in [2.45, 2.75) is 6.92 Å². The first kappa shape index (κ1) is 15.3. The zero-order valence-corrected chi connectivity index (χ0v) is 12.7. The maximum atomic E-state index is 5.35. The first-order valence-electron chi connectivity index (χ1n) is 4.91. The molecule has 0 rings (SSSR count). The van der Waals surface area contributed by atoms with Crippen molar-refractivity contribution in [1.29, 1.82) is 0 Å². The Labute approximate surface area is 96.6 Å². The second kappa shape index (κ2) is 6.78. The van der Waals surface area contributed by atoms with E-state index < -0.39 is 7.51 Å². The molecule has 7 heteroatoms. The molecule has 0 fully saturated rings. The molecule has 5 nitrogen and oxygen atoms in total. The SMILES string of the molecule is CCO[Si]N=P(N(C)C)(N(C)C)N(C)C. The highest BCUT2D eigenvalue weighted by molar-refractivity contribution is 7.59. The predicted octanol–water partition coefficient (Wildman–Crippen LogP) is 1.19. The van der Waals surface area contributed by atoms with Gasteiger partial charge in [0.25, 0.3) is 0 Å². The molecule has 0 aliphatic heterocycles. The minimum atomic E-state index is -1.73. The van der Waals surface area contributed by atoms with Gasteiger partial charge in [-0.2, -0.15) is 0 Å². The molecule has 90 valence electrons. The third kappa shape index (κ3) is 3.66. The van der Waals surface area contributed by atoms with Crippen LogP contribution in [0.3, 0.4) is 0 Å². The van der Waals surface area contributed by atoms with E-state index in [1.807, 2.05) is 6.92 Å². The topological polar surface area (TPSA) is 31.3 Å². The number of hydrogen-bond donors (Lipinski definition) is 0. The first-order valence-corrected chi connectivity index (χ1v) is 7.36. The molecule has 0 aliphatic carbocycles. The van der Waals surface area contributed by atoms with Crippen molar-refractivity contribution in [3.63, 3.8) is 0 Å². The van der Waals surface area contributed by atoms with E-state index in [1.165, 1.54) is 0 Å². The highest BCUT2D eigenvalue weighted by atomic mass is 31.2. The fraction of sp³-hybridized carbons (Fsp3) is 1.00. The van der Waals surface area contributed by atoms with E-state index in [4.69, 9.17) is 8.84 Å². The summed E-state index contributed by atoms with van der Waals surface area (Å²) in [4.78, 5) is 0. The normalized spacial score (nSPS) is 12.9. The van der Waals surface area contributed by atoms with Crippen molar-refractivity contribution < 1.29 is 4.43 Å². The second-order valence-electron chi connectivity index (χ2n) is 3.70. The summed E-state index contributed by atoms with van der Waals surface area (Å²) in [5.74, 6) is 0. The average molecular weight is 250 g/mol. The van der Waals surface area contributed by atoms with Crippen molar-refractivity contribution in [2.75, 3.05) is 48.9 Å². The highest BCUT2D eigenvalue weighted by Gasteiger charge is 2.27. The van der Waals surface area contributed by atoms with Gasteiger partial charge in [-0.15, -0.1) is 0 Å². The molecule has 0 aromatic rings. The standard InChI is InChI=1S/C8H23N4OPSi/c1-8-13-15-9-14(10(2)3,11(4)5)12(6)7/h8H2,1-7H3. The van der Waals surface area contributed by atoms with E-state index >= 15 is 0 Å². The van der Waals surface area contributed by atoms with E-state index in [2.05, 4.69) is 56.3 Å². The zero-order chi connectivity index (χ0) is 12.1. The van der Waals surface area contributed by atoms with Crippen LogP contribution in [0.4, 0.5) is 0 Å². The van der Waals surface area contributed by atoms with Gasteiger partial charge < -0.3 is 4.43 Å². The Bertz CT molecular complexity index is 204. The van der Waals surface area contributed by atoms with Gasteiger partial charge in [0.2, 0.25) is 0 Å². The Hall–Kier alpha value is 0.287. The van der Waals surface area contributed by atoms with Crippen molar-refractivity contribution in [3.8, 4) is 0 Å². The lowest BCUT2D eigenvalue weighted by molar-refractivity contribution is 0.360. The molecule has 0 saturated carbocycles. The summed E-state index contributed by atoms with van der Waals surface area (Å²) in [6, 6.07) is 0. The second-order valence-corrected chi connectivity index (χ2v) is 8.45. The van der Waals surface area contributed by atoms with Gasteiger partial charge in [-0.05, 0) is 49.2 Å². The van der Waals surface area contributed by atoms with Gasteiger partial charge in [-0.1, -0.05) is 0 Å². The quantitative estimate of drug-likeness (QED) is 0.402. The Morgan fingerprint density at radius 3 is 1.67 bits per heavy atom. The summed E-state index contributed by atoms with van der Waals surface area (Å²) in [6.45, 7) is 2.71. The number of nitrogens with zero attached hydrogens (tertiary/aromatic N) is 4. The molecule has 0 unspecified atom stereocenters. The van der Waals surface area contributed by atoms with Gasteiger partial charge in [0.15, 0.2) is 7.51 Å². The van der Waals surface area contributed by atoms with Gasteiger partial charge >= 0.3 is 9.92 Å². The molecule has 0 bridgehead atoms. The third-order valence-corrected chi connectivity index (χ3v) is 7.03. The molecule has 0 heterocycles. The zero-order valence-electron chi connectivity index (χ0n) is 10.9. The highest BCUT2D eigenvalue weighted by Crippen LogP contribution is 2.54. The van der Waals surface area contributed by atoms with Crippen LogP contribution in [0, 0.1) is 0 Å². The van der Waals surface area contributed by atoms with E-state index in [9.17, 15) is 0 Å². The Balaban J connectivity index is 5.04. The number of hydrogen-bond acceptors (Lipinski definition) is 2. The summed E-state index contributed by atoms with van der Waals surface area (Å²) in [5.41, 5.74) is 0. The fourth-order valence-corrected chi connectivity index (χ4v) is 6.58. The van der Waals surface area contributed by atoms with Crippen LogP contribution in [0.5, 0.6) is 0 Å². The van der Waals surface area contributed by atoms with Gasteiger partial charge in [0.05, 0.1) is 0 Å². The van der Waals surface area contributed by atoms with Crippen LogP contribution < -0.4 is 0 Å². The number of rotatable bonds is 6. The summed E-state index contributed by atoms with van der Waals surface area (Å²) < 4.78 is 16.6. The Morgan fingerprint density at radius 2 is 1.40 bits per heavy atom. The Morgan fingerprint density at radius 1 is 1.00 bits per heavy atom. The minimum Gasteiger partial charge on any atom is -0.397 e. The van der Waals surface area contributed by atoms with Crippen LogP contribution in [0.1, 0.15) is 6.92 Å². The molecule has 0 amide bonds. The van der Waals surface area contributed by atoms with Crippen LogP contribution in [0.15, 0.2) is 4.41 Å². The van der Waals surface area contributed by atoms with E-state index in [1.54, 1.807) is 0 Å². The lowest BCUT2D eigenvalue weighted by Gasteiger charge is -2.41. The van der Waals surface area contributed by atoms with Crippen molar-refractivity contribution in [3.05, 3.63) is 0 Å². The van der Waals surface area contributed by atoms with Crippen LogP contribution in [0.2, 0.25) is 0 Å². The lowest BCUT2D eigenvalue weighted by atomic mass is 10.9. The molecular formula is C8H23N4OPSi. The predicted molar refractivity (Wildman–Crippen MR) is 67.8 cm³/mol. The van der Waals surface area contributed by atoms with Gasteiger partial charge in [-0.3, -0.25) is 18.4 Å². The summed E-state index contributed by atoms with van der Waals surface area (Å²) in [6.07, 6.45) is 0. The summed E-state index contributed by atoms with van der Waals surface area (Å²) in [5, 5.41) is 0. The van der Waals surface area contributed by atoms with E-state index in [-0.39, 0.29) is 9.92 Å². The van der Waals surface area contributed by atoms with E-state index in [0.717, 1.165) is 6.61 Å². The molecule has 0 spiro atoms. The summed E-state index contributed by atoms with van der Waals surface area (Å²) >= 11 is 0. The molecule has 0 N–H and O–H groups in total. The molecule has 0 aliphatic rings. The maximum Gasteiger partial charge on any atom is 0.404 e. The van der Waals surface area contributed by atoms with Crippen LogP contribution in [-0.2, 0) is 4.43 Å². The molecule has 0 saturated heterocycles.